The second kappa shape index (κ2) is 7.77. The number of benzene rings is 1. The maximum absolute atomic E-state index is 12.4. The van der Waals surface area contributed by atoms with Crippen LogP contribution in [0.4, 0.5) is 5.69 Å². The number of nitrogens with two attached hydrogens (primary N) is 1. The molecule has 0 atom stereocenters. The van der Waals surface area contributed by atoms with Gasteiger partial charge in [-0.15, -0.1) is 0 Å². The van der Waals surface area contributed by atoms with Gasteiger partial charge >= 0.3 is 0 Å². The van der Waals surface area contributed by atoms with Gasteiger partial charge in [0.2, 0.25) is 0 Å². The molecule has 0 spiro atoms. The molecule has 5 nitrogen and oxygen atoms in total. The zero-order valence-corrected chi connectivity index (χ0v) is 12.3. The zero-order valence-electron chi connectivity index (χ0n) is 10.7. The molecule has 0 fully saturated rings. The number of carbonyl (C=O) groups is 1. The van der Waals surface area contributed by atoms with Crippen molar-refractivity contribution in [3.05, 3.63) is 28.2 Å². The average Bonchev–Trinajstić information content (AvgIpc) is 2.41. The normalized spacial score (nSPS) is 9.95. The Bertz CT molecular complexity index is 485. The Labute approximate surface area is 121 Å². The van der Waals surface area contributed by atoms with Crippen molar-refractivity contribution in [2.45, 2.75) is 6.42 Å². The lowest BCUT2D eigenvalue weighted by molar-refractivity contribution is 0.0699. The van der Waals surface area contributed by atoms with Crippen molar-refractivity contribution < 1.29 is 9.53 Å². The SMILES string of the molecule is COCCN(CCC#N)C(=O)c1cccc(N)c1Br. The number of amides is 1. The van der Waals surface area contributed by atoms with Crippen molar-refractivity contribution in [3.63, 3.8) is 0 Å². The highest BCUT2D eigenvalue weighted by Crippen LogP contribution is 2.24. The molecule has 1 aromatic carbocycles. The highest BCUT2D eigenvalue weighted by Gasteiger charge is 2.18. The van der Waals surface area contributed by atoms with Crippen molar-refractivity contribution >= 4 is 27.5 Å². The van der Waals surface area contributed by atoms with E-state index in [1.807, 2.05) is 6.07 Å². The second-order valence-corrected chi connectivity index (χ2v) is 4.69. The summed E-state index contributed by atoms with van der Waals surface area (Å²) in [4.78, 5) is 14.0. The van der Waals surface area contributed by atoms with Crippen LogP contribution in [0.3, 0.4) is 0 Å². The quantitative estimate of drug-likeness (QED) is 0.811. The number of carbonyl (C=O) groups excluding carboxylic acids is 1. The van der Waals surface area contributed by atoms with Crippen molar-refractivity contribution in [1.82, 2.24) is 4.90 Å². The number of rotatable bonds is 6. The molecule has 19 heavy (non-hydrogen) atoms. The van der Waals surface area contributed by atoms with Gasteiger partial charge in [0.25, 0.3) is 5.91 Å². The molecule has 0 aliphatic heterocycles. The van der Waals surface area contributed by atoms with Gasteiger partial charge in [0.1, 0.15) is 0 Å². The van der Waals surface area contributed by atoms with E-state index in [0.29, 0.717) is 35.4 Å². The standard InChI is InChI=1S/C13H16BrN3O2/c1-19-9-8-17(7-3-6-15)13(18)10-4-2-5-11(16)12(10)14/h2,4-5H,3,7-9,16H2,1H3. The predicted octanol–water partition coefficient (Wildman–Crippen LogP) is 2.03. The van der Waals surface area contributed by atoms with Gasteiger partial charge in [0.15, 0.2) is 0 Å². The van der Waals surface area contributed by atoms with Gasteiger partial charge in [0.05, 0.1) is 29.1 Å². The largest absolute Gasteiger partial charge is 0.398 e. The summed E-state index contributed by atoms with van der Waals surface area (Å²) in [5, 5.41) is 8.64. The van der Waals surface area contributed by atoms with Crippen LogP contribution in [0.25, 0.3) is 0 Å². The lowest BCUT2D eigenvalue weighted by Gasteiger charge is -2.22. The molecular weight excluding hydrogens is 310 g/mol. The average molecular weight is 326 g/mol. The van der Waals surface area contributed by atoms with Gasteiger partial charge < -0.3 is 15.4 Å². The van der Waals surface area contributed by atoms with Crippen LogP contribution in [0.15, 0.2) is 22.7 Å². The van der Waals surface area contributed by atoms with Crippen LogP contribution in [0.1, 0.15) is 16.8 Å². The van der Waals surface area contributed by atoms with Crippen molar-refractivity contribution in [2.75, 3.05) is 32.5 Å². The summed E-state index contributed by atoms with van der Waals surface area (Å²) in [6.07, 6.45) is 0.287. The first-order chi connectivity index (χ1) is 9.11. The Kier molecular flexibility index (Phi) is 6.33. The molecule has 1 aromatic rings. The molecule has 102 valence electrons. The molecule has 2 N–H and O–H groups in total. The first-order valence-electron chi connectivity index (χ1n) is 5.81. The minimum atomic E-state index is -0.161. The van der Waals surface area contributed by atoms with Crippen LogP contribution in [0.2, 0.25) is 0 Å². The summed E-state index contributed by atoms with van der Waals surface area (Å²) in [5.41, 5.74) is 6.77. The van der Waals surface area contributed by atoms with E-state index in [-0.39, 0.29) is 12.3 Å². The van der Waals surface area contributed by atoms with Crippen molar-refractivity contribution in [1.29, 1.82) is 5.26 Å². The second-order valence-electron chi connectivity index (χ2n) is 3.90. The van der Waals surface area contributed by atoms with Gasteiger partial charge in [-0.1, -0.05) is 6.07 Å². The summed E-state index contributed by atoms with van der Waals surface area (Å²) in [5.74, 6) is -0.161. The Balaban J connectivity index is 2.91. The maximum Gasteiger partial charge on any atom is 0.255 e. The number of nitrogen functional groups attached to an aromatic ring is 1. The monoisotopic (exact) mass is 325 g/mol. The van der Waals surface area contributed by atoms with Crippen molar-refractivity contribution in [2.24, 2.45) is 0 Å². The minimum absolute atomic E-state index is 0.161. The molecule has 0 aliphatic carbocycles. The van der Waals surface area contributed by atoms with Gasteiger partial charge in [-0.25, -0.2) is 0 Å². The smallest absolute Gasteiger partial charge is 0.255 e. The molecule has 0 bridgehead atoms. The van der Waals surface area contributed by atoms with Crippen LogP contribution in [0.5, 0.6) is 0 Å². The number of halogens is 1. The van der Waals surface area contributed by atoms with E-state index in [4.69, 9.17) is 15.7 Å². The van der Waals surface area contributed by atoms with E-state index < -0.39 is 0 Å². The summed E-state index contributed by atoms with van der Waals surface area (Å²) in [6, 6.07) is 7.19. The molecule has 0 aromatic heterocycles. The molecule has 0 radical (unpaired) electrons. The number of hydrogen-bond donors (Lipinski definition) is 1. The number of anilines is 1. The molecule has 0 unspecified atom stereocenters. The highest BCUT2D eigenvalue weighted by atomic mass is 79.9. The number of nitrogens with zero attached hydrogens (tertiary/aromatic N) is 2. The Morgan fingerprint density at radius 1 is 1.53 bits per heavy atom. The van der Waals surface area contributed by atoms with E-state index in [9.17, 15) is 4.79 Å². The minimum Gasteiger partial charge on any atom is -0.398 e. The molecular formula is C13H16BrN3O2. The number of hydrogen-bond acceptors (Lipinski definition) is 4. The number of methoxy groups -OCH3 is 1. The predicted molar refractivity (Wildman–Crippen MR) is 76.6 cm³/mol. The van der Waals surface area contributed by atoms with E-state index in [2.05, 4.69) is 15.9 Å². The molecule has 0 heterocycles. The number of nitriles is 1. The molecule has 6 heteroatoms. The molecule has 1 rings (SSSR count). The maximum atomic E-state index is 12.4. The van der Waals surface area contributed by atoms with Gasteiger partial charge in [-0.05, 0) is 28.1 Å². The first kappa shape index (κ1) is 15.5. The van der Waals surface area contributed by atoms with Gasteiger partial charge in [0, 0.05) is 25.9 Å². The first-order valence-corrected chi connectivity index (χ1v) is 6.60. The lowest BCUT2D eigenvalue weighted by atomic mass is 10.1. The third kappa shape index (κ3) is 4.23. The third-order valence-electron chi connectivity index (χ3n) is 2.61. The van der Waals surface area contributed by atoms with Crippen LogP contribution >= 0.6 is 15.9 Å². The topological polar surface area (TPSA) is 79.3 Å². The fourth-order valence-electron chi connectivity index (χ4n) is 1.59. The van der Waals surface area contributed by atoms with E-state index in [1.165, 1.54) is 0 Å². The lowest BCUT2D eigenvalue weighted by Crippen LogP contribution is -2.35. The fraction of sp³-hybridized carbons (Fsp3) is 0.385. The summed E-state index contributed by atoms with van der Waals surface area (Å²) in [7, 11) is 1.57. The fourth-order valence-corrected chi connectivity index (χ4v) is 2.02. The Morgan fingerprint density at radius 2 is 2.26 bits per heavy atom. The van der Waals surface area contributed by atoms with E-state index in [1.54, 1.807) is 30.2 Å². The van der Waals surface area contributed by atoms with Crippen molar-refractivity contribution in [3.8, 4) is 6.07 Å². The molecule has 0 saturated heterocycles. The highest BCUT2D eigenvalue weighted by molar-refractivity contribution is 9.10. The third-order valence-corrected chi connectivity index (χ3v) is 3.49. The van der Waals surface area contributed by atoms with Crippen LogP contribution in [-0.4, -0.2) is 37.6 Å². The number of ether oxygens (including phenoxy) is 1. The Hall–Kier alpha value is -1.58. The molecule has 1 amide bonds. The van der Waals surface area contributed by atoms with E-state index in [0.717, 1.165) is 0 Å². The van der Waals surface area contributed by atoms with Gasteiger partial charge in [-0.2, -0.15) is 5.26 Å². The summed E-state index contributed by atoms with van der Waals surface area (Å²) < 4.78 is 5.56. The summed E-state index contributed by atoms with van der Waals surface area (Å²) >= 11 is 3.32. The van der Waals surface area contributed by atoms with Crippen LogP contribution in [-0.2, 0) is 4.74 Å². The molecule has 0 saturated carbocycles. The van der Waals surface area contributed by atoms with Crippen LogP contribution in [0, 0.1) is 11.3 Å². The van der Waals surface area contributed by atoms with Crippen LogP contribution < -0.4 is 5.73 Å². The Morgan fingerprint density at radius 3 is 2.89 bits per heavy atom. The molecule has 0 aliphatic rings. The summed E-state index contributed by atoms with van der Waals surface area (Å²) in [6.45, 7) is 1.25. The van der Waals surface area contributed by atoms with Gasteiger partial charge in [-0.3, -0.25) is 4.79 Å². The zero-order chi connectivity index (χ0) is 14.3. The van der Waals surface area contributed by atoms with E-state index >= 15 is 0 Å².